The van der Waals surface area contributed by atoms with E-state index < -0.39 is 0 Å². The second kappa shape index (κ2) is 7.24. The zero-order valence-electron chi connectivity index (χ0n) is 13.2. The van der Waals surface area contributed by atoms with Gasteiger partial charge in [-0.15, -0.1) is 9.63 Å². The van der Waals surface area contributed by atoms with E-state index in [-0.39, 0.29) is 0 Å². The summed E-state index contributed by atoms with van der Waals surface area (Å²) in [6, 6.07) is 20.3. The van der Waals surface area contributed by atoms with E-state index in [9.17, 15) is 0 Å². The van der Waals surface area contributed by atoms with Crippen molar-refractivity contribution in [2.24, 2.45) is 9.63 Å². The molecule has 0 atom stereocenters. The Kier molecular flexibility index (Phi) is 4.88. The molecule has 0 bridgehead atoms. The van der Waals surface area contributed by atoms with Gasteiger partial charge < -0.3 is 0 Å². The van der Waals surface area contributed by atoms with Crippen LogP contribution in [0.4, 0.5) is 5.69 Å². The van der Waals surface area contributed by atoms with Crippen LogP contribution in [0, 0.1) is 13.8 Å². The van der Waals surface area contributed by atoms with Crippen LogP contribution in [0.25, 0.3) is 0 Å². The quantitative estimate of drug-likeness (QED) is 0.470. The van der Waals surface area contributed by atoms with E-state index >= 15 is 0 Å². The lowest BCUT2D eigenvalue weighted by Gasteiger charge is -2.04. The topological polar surface area (TPSA) is 42.5 Å². The summed E-state index contributed by atoms with van der Waals surface area (Å²) in [4.78, 5) is 1.07. The molecule has 0 aliphatic carbocycles. The number of hydrogen-bond acceptors (Lipinski definition) is 4. The average molecular weight is 322 g/mol. The summed E-state index contributed by atoms with van der Waals surface area (Å²) < 4.78 is 6.22. The maximum Gasteiger partial charge on any atom is 0.130 e. The molecular formula is C18H18N4S. The van der Waals surface area contributed by atoms with Crippen LogP contribution < -0.4 is 0 Å². The van der Waals surface area contributed by atoms with Crippen LogP contribution in [-0.2, 0) is 6.54 Å². The van der Waals surface area contributed by atoms with Gasteiger partial charge in [0.1, 0.15) is 5.69 Å². The van der Waals surface area contributed by atoms with Gasteiger partial charge in [-0.25, -0.2) is 0 Å². The molecule has 0 aliphatic rings. The molecule has 3 rings (SSSR count). The normalized spacial score (nSPS) is 11.2. The van der Waals surface area contributed by atoms with Crippen molar-refractivity contribution in [3.05, 3.63) is 77.6 Å². The summed E-state index contributed by atoms with van der Waals surface area (Å²) in [5.74, 6) is 0. The van der Waals surface area contributed by atoms with Gasteiger partial charge in [-0.1, -0.05) is 48.5 Å². The van der Waals surface area contributed by atoms with Gasteiger partial charge in [0.2, 0.25) is 0 Å². The highest BCUT2D eigenvalue weighted by Crippen LogP contribution is 2.27. The van der Waals surface area contributed by atoms with Crippen LogP contribution >= 0.6 is 11.9 Å². The minimum Gasteiger partial charge on any atom is -0.263 e. The molecular weight excluding hydrogens is 304 g/mol. The van der Waals surface area contributed by atoms with Crippen molar-refractivity contribution in [2.45, 2.75) is 25.3 Å². The second-order valence-corrected chi connectivity index (χ2v) is 6.07. The largest absolute Gasteiger partial charge is 0.263 e. The lowest BCUT2D eigenvalue weighted by molar-refractivity contribution is 0.659. The second-order valence-electron chi connectivity index (χ2n) is 5.25. The highest BCUT2D eigenvalue weighted by Gasteiger charge is 2.11. The van der Waals surface area contributed by atoms with E-state index in [1.165, 1.54) is 17.5 Å². The zero-order chi connectivity index (χ0) is 16.1. The predicted molar refractivity (Wildman–Crippen MR) is 94.1 cm³/mol. The molecule has 0 saturated heterocycles. The van der Waals surface area contributed by atoms with Crippen molar-refractivity contribution in [1.29, 1.82) is 0 Å². The Hall–Kier alpha value is -2.40. The SMILES string of the molecule is Cc1nn(Cc2ccccc2)c(C)c1N=NSc1ccccc1. The van der Waals surface area contributed by atoms with Crippen LogP contribution in [0.5, 0.6) is 0 Å². The molecule has 0 saturated carbocycles. The molecule has 2 aromatic carbocycles. The molecule has 0 unspecified atom stereocenters. The molecule has 3 aromatic rings. The summed E-state index contributed by atoms with van der Waals surface area (Å²) in [6.45, 7) is 4.75. The van der Waals surface area contributed by atoms with Gasteiger partial charge in [-0.05, 0) is 31.5 Å². The van der Waals surface area contributed by atoms with Crippen LogP contribution in [0.1, 0.15) is 17.0 Å². The van der Waals surface area contributed by atoms with E-state index in [0.717, 1.165) is 28.5 Å². The smallest absolute Gasteiger partial charge is 0.130 e. The summed E-state index contributed by atoms with van der Waals surface area (Å²) in [5.41, 5.74) is 4.00. The third kappa shape index (κ3) is 3.87. The third-order valence-electron chi connectivity index (χ3n) is 3.55. The molecule has 0 aliphatic heterocycles. The molecule has 116 valence electrons. The number of aromatic nitrogens is 2. The number of benzene rings is 2. The predicted octanol–water partition coefficient (Wildman–Crippen LogP) is 5.34. The molecule has 0 N–H and O–H groups in total. The van der Waals surface area contributed by atoms with Crippen molar-refractivity contribution >= 4 is 17.6 Å². The minimum absolute atomic E-state index is 0.745. The highest BCUT2D eigenvalue weighted by molar-refractivity contribution is 7.97. The van der Waals surface area contributed by atoms with E-state index in [1.807, 2.05) is 67.1 Å². The number of aryl methyl sites for hydroxylation is 1. The Morgan fingerprint density at radius 1 is 0.957 bits per heavy atom. The van der Waals surface area contributed by atoms with E-state index in [1.54, 1.807) is 0 Å². The average Bonchev–Trinajstić information content (AvgIpc) is 2.84. The first-order valence-corrected chi connectivity index (χ1v) is 8.22. The standard InChI is InChI=1S/C18H18N4S/c1-14-18(19-21-23-17-11-7-4-8-12-17)15(2)22(20-14)13-16-9-5-3-6-10-16/h3-12H,13H2,1-2H3. The lowest BCUT2D eigenvalue weighted by Crippen LogP contribution is -2.03. The van der Waals surface area contributed by atoms with Crippen molar-refractivity contribution in [2.75, 3.05) is 0 Å². The lowest BCUT2D eigenvalue weighted by atomic mass is 10.2. The third-order valence-corrected chi connectivity index (χ3v) is 4.20. The summed E-state index contributed by atoms with van der Waals surface area (Å²) in [7, 11) is 0. The molecule has 0 amide bonds. The molecule has 5 heteroatoms. The molecule has 23 heavy (non-hydrogen) atoms. The first-order valence-electron chi connectivity index (χ1n) is 7.45. The van der Waals surface area contributed by atoms with Gasteiger partial charge in [-0.3, -0.25) is 4.68 Å². The zero-order valence-corrected chi connectivity index (χ0v) is 14.0. The highest BCUT2D eigenvalue weighted by atomic mass is 32.2. The van der Waals surface area contributed by atoms with Gasteiger partial charge in [0.15, 0.2) is 0 Å². The Morgan fingerprint density at radius 2 is 1.61 bits per heavy atom. The first-order chi connectivity index (χ1) is 11.2. The number of hydrogen-bond donors (Lipinski definition) is 0. The number of nitrogens with zero attached hydrogens (tertiary/aromatic N) is 4. The number of rotatable bonds is 5. The van der Waals surface area contributed by atoms with E-state index in [0.29, 0.717) is 0 Å². The van der Waals surface area contributed by atoms with Crippen molar-refractivity contribution in [3.63, 3.8) is 0 Å². The van der Waals surface area contributed by atoms with E-state index in [4.69, 9.17) is 0 Å². The minimum atomic E-state index is 0.745. The Morgan fingerprint density at radius 3 is 2.30 bits per heavy atom. The van der Waals surface area contributed by atoms with Crippen LogP contribution in [0.3, 0.4) is 0 Å². The maximum atomic E-state index is 4.58. The van der Waals surface area contributed by atoms with Crippen LogP contribution in [0.2, 0.25) is 0 Å². The fraction of sp³-hybridized carbons (Fsp3) is 0.167. The molecule has 1 heterocycles. The summed E-state index contributed by atoms with van der Waals surface area (Å²) in [5, 5.41) is 8.95. The Balaban J connectivity index is 1.75. The van der Waals surface area contributed by atoms with Gasteiger partial charge in [0.05, 0.1) is 17.9 Å². The summed E-state index contributed by atoms with van der Waals surface area (Å²) >= 11 is 1.37. The Labute approximate surface area is 140 Å². The van der Waals surface area contributed by atoms with E-state index in [2.05, 4.69) is 26.9 Å². The maximum absolute atomic E-state index is 4.58. The van der Waals surface area contributed by atoms with Crippen molar-refractivity contribution < 1.29 is 0 Å². The van der Waals surface area contributed by atoms with Crippen molar-refractivity contribution in [3.8, 4) is 0 Å². The fourth-order valence-electron chi connectivity index (χ4n) is 2.33. The molecule has 0 fully saturated rings. The Bertz CT molecular complexity index is 795. The first kappa shape index (κ1) is 15.5. The summed E-state index contributed by atoms with van der Waals surface area (Å²) in [6.07, 6.45) is 0. The monoisotopic (exact) mass is 322 g/mol. The molecule has 1 aromatic heterocycles. The molecule has 0 spiro atoms. The van der Waals surface area contributed by atoms with Gasteiger partial charge in [0.25, 0.3) is 0 Å². The van der Waals surface area contributed by atoms with Gasteiger partial charge >= 0.3 is 0 Å². The van der Waals surface area contributed by atoms with Crippen LogP contribution in [0.15, 0.2) is 75.2 Å². The van der Waals surface area contributed by atoms with Gasteiger partial charge in [-0.2, -0.15) is 5.10 Å². The van der Waals surface area contributed by atoms with Gasteiger partial charge in [0, 0.05) is 16.8 Å². The molecule has 4 nitrogen and oxygen atoms in total. The van der Waals surface area contributed by atoms with Crippen molar-refractivity contribution in [1.82, 2.24) is 9.78 Å². The molecule has 0 radical (unpaired) electrons. The fourth-order valence-corrected chi connectivity index (χ4v) is 2.83. The van der Waals surface area contributed by atoms with Crippen LogP contribution in [-0.4, -0.2) is 9.78 Å².